The van der Waals surface area contributed by atoms with Crippen molar-refractivity contribution in [3.8, 4) is 6.07 Å². The first kappa shape index (κ1) is 18.3. The fourth-order valence-corrected chi connectivity index (χ4v) is 4.27. The van der Waals surface area contributed by atoms with Gasteiger partial charge < -0.3 is 5.32 Å². The average Bonchev–Trinajstić information content (AvgIpc) is 2.72. The molecule has 1 N–H and O–H groups in total. The molecule has 3 aromatic rings. The zero-order valence-corrected chi connectivity index (χ0v) is 16.1. The molecule has 2 atom stereocenters. The lowest BCUT2D eigenvalue weighted by atomic mass is 9.86. The lowest BCUT2D eigenvalue weighted by Crippen LogP contribution is -2.41. The van der Waals surface area contributed by atoms with E-state index in [1.807, 2.05) is 36.4 Å². The third-order valence-electron chi connectivity index (χ3n) is 5.89. The molecule has 1 saturated carbocycles. The van der Waals surface area contributed by atoms with Crippen LogP contribution in [-0.4, -0.2) is 11.9 Å². The Hall–Kier alpha value is -3.12. The SMILES string of the molecule is C[C@H]1CCCC[C@@H]1NC(=O)/C(C#N)=C/c1c2ccccc2cc2ccccc12. The second-order valence-corrected chi connectivity index (χ2v) is 7.74. The summed E-state index contributed by atoms with van der Waals surface area (Å²) >= 11 is 0. The van der Waals surface area contributed by atoms with Crippen LogP contribution >= 0.6 is 0 Å². The lowest BCUT2D eigenvalue weighted by Gasteiger charge is -2.29. The van der Waals surface area contributed by atoms with Crippen molar-refractivity contribution in [1.29, 1.82) is 5.26 Å². The molecule has 1 aliphatic rings. The van der Waals surface area contributed by atoms with Crippen LogP contribution in [0.5, 0.6) is 0 Å². The van der Waals surface area contributed by atoms with Crippen LogP contribution in [0.25, 0.3) is 27.6 Å². The number of nitrogens with one attached hydrogen (secondary N) is 1. The predicted octanol–water partition coefficient (Wildman–Crippen LogP) is 5.59. The number of hydrogen-bond donors (Lipinski definition) is 1. The maximum absolute atomic E-state index is 12.9. The van der Waals surface area contributed by atoms with Gasteiger partial charge in [0.15, 0.2) is 0 Å². The van der Waals surface area contributed by atoms with Crippen LogP contribution in [0, 0.1) is 17.2 Å². The van der Waals surface area contributed by atoms with Crippen molar-refractivity contribution in [1.82, 2.24) is 5.32 Å². The van der Waals surface area contributed by atoms with E-state index in [1.54, 1.807) is 6.08 Å². The van der Waals surface area contributed by atoms with E-state index in [2.05, 4.69) is 36.5 Å². The fraction of sp³-hybridized carbons (Fsp3) is 0.280. The highest BCUT2D eigenvalue weighted by Gasteiger charge is 2.24. The lowest BCUT2D eigenvalue weighted by molar-refractivity contribution is -0.118. The van der Waals surface area contributed by atoms with Crippen LogP contribution in [-0.2, 0) is 4.79 Å². The van der Waals surface area contributed by atoms with Crippen LogP contribution in [0.15, 0.2) is 60.2 Å². The third kappa shape index (κ3) is 3.51. The molecule has 3 aromatic carbocycles. The summed E-state index contributed by atoms with van der Waals surface area (Å²) < 4.78 is 0. The van der Waals surface area contributed by atoms with Gasteiger partial charge in [-0.15, -0.1) is 0 Å². The summed E-state index contributed by atoms with van der Waals surface area (Å²) in [6, 6.07) is 20.7. The molecule has 1 fully saturated rings. The van der Waals surface area contributed by atoms with Crippen molar-refractivity contribution < 1.29 is 4.79 Å². The summed E-state index contributed by atoms with van der Waals surface area (Å²) in [6.07, 6.45) is 6.23. The molecule has 0 bridgehead atoms. The van der Waals surface area contributed by atoms with Gasteiger partial charge in [-0.2, -0.15) is 5.26 Å². The van der Waals surface area contributed by atoms with Gasteiger partial charge in [-0.25, -0.2) is 0 Å². The van der Waals surface area contributed by atoms with Gasteiger partial charge in [-0.3, -0.25) is 4.79 Å². The number of rotatable bonds is 3. The Labute approximate surface area is 165 Å². The second-order valence-electron chi connectivity index (χ2n) is 7.74. The predicted molar refractivity (Wildman–Crippen MR) is 115 cm³/mol. The van der Waals surface area contributed by atoms with Crippen molar-refractivity contribution in [2.45, 2.75) is 38.6 Å². The summed E-state index contributed by atoms with van der Waals surface area (Å²) in [7, 11) is 0. The van der Waals surface area contributed by atoms with Crippen molar-refractivity contribution in [2.24, 2.45) is 5.92 Å². The van der Waals surface area contributed by atoms with Gasteiger partial charge in [-0.1, -0.05) is 68.3 Å². The molecule has 1 amide bonds. The zero-order valence-electron chi connectivity index (χ0n) is 16.1. The fourth-order valence-electron chi connectivity index (χ4n) is 4.27. The number of carbonyl (C=O) groups excluding carboxylic acids is 1. The Morgan fingerprint density at radius 2 is 1.64 bits per heavy atom. The molecule has 0 aromatic heterocycles. The highest BCUT2D eigenvalue weighted by Crippen LogP contribution is 2.30. The number of hydrogen-bond acceptors (Lipinski definition) is 2. The molecule has 0 saturated heterocycles. The van der Waals surface area contributed by atoms with Crippen LogP contribution < -0.4 is 5.32 Å². The van der Waals surface area contributed by atoms with Crippen LogP contribution in [0.4, 0.5) is 0 Å². The summed E-state index contributed by atoms with van der Waals surface area (Å²) in [5, 5.41) is 17.1. The smallest absolute Gasteiger partial charge is 0.262 e. The number of benzene rings is 3. The summed E-state index contributed by atoms with van der Waals surface area (Å²) in [4.78, 5) is 12.9. The van der Waals surface area contributed by atoms with E-state index >= 15 is 0 Å². The molecule has 0 unspecified atom stereocenters. The number of nitriles is 1. The highest BCUT2D eigenvalue weighted by atomic mass is 16.1. The largest absolute Gasteiger partial charge is 0.348 e. The maximum atomic E-state index is 12.9. The second kappa shape index (κ2) is 7.86. The molecule has 140 valence electrons. The maximum Gasteiger partial charge on any atom is 0.262 e. The van der Waals surface area contributed by atoms with E-state index in [4.69, 9.17) is 0 Å². The van der Waals surface area contributed by atoms with Crippen molar-refractivity contribution in [3.05, 3.63) is 65.7 Å². The normalized spacial score (nSPS) is 20.1. The number of amides is 1. The Balaban J connectivity index is 1.78. The molecular weight excluding hydrogens is 344 g/mol. The van der Waals surface area contributed by atoms with E-state index in [9.17, 15) is 10.1 Å². The Kier molecular flexibility index (Phi) is 5.12. The van der Waals surface area contributed by atoms with Crippen molar-refractivity contribution in [2.75, 3.05) is 0 Å². The van der Waals surface area contributed by atoms with Gasteiger partial charge >= 0.3 is 0 Å². The highest BCUT2D eigenvalue weighted by molar-refractivity contribution is 6.11. The van der Waals surface area contributed by atoms with Crippen LogP contribution in [0.1, 0.15) is 38.2 Å². The van der Waals surface area contributed by atoms with Crippen molar-refractivity contribution >= 4 is 33.5 Å². The Morgan fingerprint density at radius 3 is 2.25 bits per heavy atom. The monoisotopic (exact) mass is 368 g/mol. The van der Waals surface area contributed by atoms with Gasteiger partial charge in [0.25, 0.3) is 5.91 Å². The van der Waals surface area contributed by atoms with E-state index in [0.717, 1.165) is 46.4 Å². The first-order valence-corrected chi connectivity index (χ1v) is 10.0. The molecular formula is C25H24N2O. The molecule has 0 heterocycles. The first-order chi connectivity index (χ1) is 13.7. The first-order valence-electron chi connectivity index (χ1n) is 10.0. The summed E-state index contributed by atoms with van der Waals surface area (Å²) in [5.74, 6) is 0.189. The number of carbonyl (C=O) groups is 1. The topological polar surface area (TPSA) is 52.9 Å². The molecule has 0 aliphatic heterocycles. The molecule has 3 heteroatoms. The summed E-state index contributed by atoms with van der Waals surface area (Å²) in [5.41, 5.74) is 1.09. The Morgan fingerprint density at radius 1 is 1.04 bits per heavy atom. The van der Waals surface area contributed by atoms with Gasteiger partial charge in [-0.05, 0) is 58.0 Å². The molecule has 28 heavy (non-hydrogen) atoms. The molecule has 1 aliphatic carbocycles. The van der Waals surface area contributed by atoms with Gasteiger partial charge in [0, 0.05) is 6.04 Å². The minimum Gasteiger partial charge on any atom is -0.348 e. The van der Waals surface area contributed by atoms with E-state index in [-0.39, 0.29) is 17.5 Å². The van der Waals surface area contributed by atoms with E-state index in [1.165, 1.54) is 6.42 Å². The van der Waals surface area contributed by atoms with Crippen LogP contribution in [0.3, 0.4) is 0 Å². The molecule has 0 spiro atoms. The minimum absolute atomic E-state index is 0.155. The quantitative estimate of drug-likeness (QED) is 0.372. The molecule has 0 radical (unpaired) electrons. The average molecular weight is 368 g/mol. The Bertz CT molecular complexity index is 1050. The number of nitrogens with zero attached hydrogens (tertiary/aromatic N) is 1. The van der Waals surface area contributed by atoms with Gasteiger partial charge in [0.1, 0.15) is 11.6 Å². The van der Waals surface area contributed by atoms with E-state index in [0.29, 0.717) is 5.92 Å². The summed E-state index contributed by atoms with van der Waals surface area (Å²) in [6.45, 7) is 2.18. The molecule has 3 nitrogen and oxygen atoms in total. The van der Waals surface area contributed by atoms with E-state index < -0.39 is 0 Å². The van der Waals surface area contributed by atoms with Gasteiger partial charge in [0.2, 0.25) is 0 Å². The van der Waals surface area contributed by atoms with Crippen molar-refractivity contribution in [3.63, 3.8) is 0 Å². The molecule has 4 rings (SSSR count). The number of fused-ring (bicyclic) bond motifs is 2. The standard InChI is InChI=1S/C25H24N2O/c1-17-8-2-7-13-24(17)27-25(28)20(16-26)15-23-21-11-5-3-9-18(21)14-19-10-4-6-12-22(19)23/h3-6,9-12,14-15,17,24H,2,7-8,13H2,1H3,(H,27,28)/b20-15+/t17-,24-/m0/s1. The minimum atomic E-state index is -0.265. The third-order valence-corrected chi connectivity index (χ3v) is 5.89. The zero-order chi connectivity index (χ0) is 19.5. The van der Waals surface area contributed by atoms with Gasteiger partial charge in [0.05, 0.1) is 0 Å². The van der Waals surface area contributed by atoms with Crippen LogP contribution in [0.2, 0.25) is 0 Å².